The highest BCUT2D eigenvalue weighted by Gasteiger charge is 2.22. The van der Waals surface area contributed by atoms with E-state index in [9.17, 15) is 0 Å². The number of hydrogen-bond donors (Lipinski definition) is 2. The van der Waals surface area contributed by atoms with Crippen molar-refractivity contribution in [3.8, 4) is 11.5 Å². The third kappa shape index (κ3) is 6.31. The quantitative estimate of drug-likeness (QED) is 0.530. The van der Waals surface area contributed by atoms with Crippen LogP contribution in [0.2, 0.25) is 0 Å². The van der Waals surface area contributed by atoms with Crippen LogP contribution in [0.5, 0.6) is 11.5 Å². The van der Waals surface area contributed by atoms with E-state index in [1.165, 1.54) is 12.1 Å². The summed E-state index contributed by atoms with van der Waals surface area (Å²) in [6.45, 7) is 5.79. The lowest BCUT2D eigenvalue weighted by Gasteiger charge is -2.20. The third-order valence-electron chi connectivity index (χ3n) is 5.12. The fourth-order valence-electron chi connectivity index (χ4n) is 3.52. The van der Waals surface area contributed by atoms with E-state index in [1.807, 2.05) is 31.2 Å². The zero-order valence-corrected chi connectivity index (χ0v) is 17.6. The summed E-state index contributed by atoms with van der Waals surface area (Å²) in [4.78, 5) is 6.79. The predicted molar refractivity (Wildman–Crippen MR) is 119 cm³/mol. The van der Waals surface area contributed by atoms with Gasteiger partial charge in [0.05, 0.1) is 13.7 Å². The largest absolute Gasteiger partial charge is 0.497 e. The van der Waals surface area contributed by atoms with Crippen LogP contribution in [-0.2, 0) is 0 Å². The number of para-hydroxylation sites is 1. The highest BCUT2D eigenvalue weighted by molar-refractivity contribution is 5.79. The normalized spacial score (nSPS) is 17.7. The first kappa shape index (κ1) is 20.8. The van der Waals surface area contributed by atoms with Gasteiger partial charge in [-0.15, -0.1) is 0 Å². The van der Waals surface area contributed by atoms with Gasteiger partial charge in [0.1, 0.15) is 17.6 Å². The average molecular weight is 397 g/mol. The summed E-state index contributed by atoms with van der Waals surface area (Å²) in [5.74, 6) is 3.01. The Bertz CT molecular complexity index is 781. The molecule has 1 heterocycles. The minimum absolute atomic E-state index is 0.000656. The molecule has 2 atom stereocenters. The van der Waals surface area contributed by atoms with Gasteiger partial charge < -0.3 is 25.0 Å². The average Bonchev–Trinajstić information content (AvgIpc) is 3.24. The fourth-order valence-corrected chi connectivity index (χ4v) is 3.52. The van der Waals surface area contributed by atoms with Gasteiger partial charge in [-0.05, 0) is 43.5 Å². The van der Waals surface area contributed by atoms with Crippen LogP contribution in [0.15, 0.2) is 59.6 Å². The Kier molecular flexibility index (Phi) is 7.61. The number of nitrogens with zero attached hydrogens (tertiary/aromatic N) is 2. The Labute approximate surface area is 173 Å². The van der Waals surface area contributed by atoms with Gasteiger partial charge in [0.25, 0.3) is 0 Å². The number of hydrogen-bond acceptors (Lipinski definition) is 4. The molecule has 29 heavy (non-hydrogen) atoms. The smallest absolute Gasteiger partial charge is 0.191 e. The van der Waals surface area contributed by atoms with Crippen molar-refractivity contribution in [1.29, 1.82) is 0 Å². The van der Waals surface area contributed by atoms with Crippen LogP contribution >= 0.6 is 0 Å². The maximum Gasteiger partial charge on any atom is 0.191 e. The standard InChI is InChI=1S/C23H32N4O2/c1-18(29-22-11-7-10-21(14-22)28-3)15-25-23(24-2)26-16-19-12-13-27(17-19)20-8-5-4-6-9-20/h4-11,14,18-19H,12-13,15-17H2,1-3H3,(H2,24,25,26). The molecule has 0 radical (unpaired) electrons. The number of rotatable bonds is 8. The highest BCUT2D eigenvalue weighted by Crippen LogP contribution is 2.23. The van der Waals surface area contributed by atoms with Crippen molar-refractivity contribution in [2.45, 2.75) is 19.4 Å². The number of anilines is 1. The Morgan fingerprint density at radius 1 is 1.14 bits per heavy atom. The Balaban J connectivity index is 1.39. The molecule has 6 nitrogen and oxygen atoms in total. The third-order valence-corrected chi connectivity index (χ3v) is 5.12. The number of nitrogens with one attached hydrogen (secondary N) is 2. The van der Waals surface area contributed by atoms with Crippen molar-refractivity contribution in [2.75, 3.05) is 45.2 Å². The van der Waals surface area contributed by atoms with Gasteiger partial charge in [-0.1, -0.05) is 24.3 Å². The lowest BCUT2D eigenvalue weighted by Crippen LogP contribution is -2.43. The molecular weight excluding hydrogens is 364 g/mol. The van der Waals surface area contributed by atoms with Crippen LogP contribution in [0, 0.1) is 5.92 Å². The second kappa shape index (κ2) is 10.6. The van der Waals surface area contributed by atoms with Crippen molar-refractivity contribution in [1.82, 2.24) is 10.6 Å². The van der Waals surface area contributed by atoms with Gasteiger partial charge in [0, 0.05) is 38.4 Å². The van der Waals surface area contributed by atoms with Gasteiger partial charge >= 0.3 is 0 Å². The SMILES string of the molecule is CN=C(NCC1CCN(c2ccccc2)C1)NCC(C)Oc1cccc(OC)c1. The Morgan fingerprint density at radius 2 is 1.93 bits per heavy atom. The van der Waals surface area contributed by atoms with Crippen LogP contribution in [0.25, 0.3) is 0 Å². The molecule has 2 aromatic carbocycles. The molecule has 1 aliphatic rings. The van der Waals surface area contributed by atoms with Crippen LogP contribution < -0.4 is 25.0 Å². The molecular formula is C23H32N4O2. The first-order chi connectivity index (χ1) is 14.2. The molecule has 2 aromatic rings. The van der Waals surface area contributed by atoms with E-state index in [-0.39, 0.29) is 6.10 Å². The first-order valence-corrected chi connectivity index (χ1v) is 10.2. The summed E-state index contributed by atoms with van der Waals surface area (Å²) in [7, 11) is 3.46. The molecule has 0 bridgehead atoms. The minimum Gasteiger partial charge on any atom is -0.497 e. The van der Waals surface area contributed by atoms with Crippen LogP contribution in [0.1, 0.15) is 13.3 Å². The lowest BCUT2D eigenvalue weighted by molar-refractivity contribution is 0.223. The summed E-state index contributed by atoms with van der Waals surface area (Å²) < 4.78 is 11.2. The number of guanidine groups is 1. The van der Waals surface area contributed by atoms with Gasteiger partial charge in [-0.2, -0.15) is 0 Å². The molecule has 0 aliphatic carbocycles. The molecule has 2 unspecified atom stereocenters. The van der Waals surface area contributed by atoms with Gasteiger partial charge in [0.2, 0.25) is 0 Å². The first-order valence-electron chi connectivity index (χ1n) is 10.2. The van der Waals surface area contributed by atoms with E-state index in [0.717, 1.165) is 37.1 Å². The van der Waals surface area contributed by atoms with Crippen molar-refractivity contribution in [3.05, 3.63) is 54.6 Å². The highest BCUT2D eigenvalue weighted by atomic mass is 16.5. The monoisotopic (exact) mass is 396 g/mol. The van der Waals surface area contributed by atoms with E-state index in [4.69, 9.17) is 9.47 Å². The van der Waals surface area contributed by atoms with Gasteiger partial charge in [0.15, 0.2) is 5.96 Å². The summed E-state index contributed by atoms with van der Waals surface area (Å²) in [6, 6.07) is 18.3. The fraction of sp³-hybridized carbons (Fsp3) is 0.435. The molecule has 3 rings (SSSR count). The van der Waals surface area contributed by atoms with E-state index in [1.54, 1.807) is 14.2 Å². The molecule has 1 aliphatic heterocycles. The van der Waals surface area contributed by atoms with Gasteiger partial charge in [-0.3, -0.25) is 4.99 Å². The van der Waals surface area contributed by atoms with Crippen molar-refractivity contribution >= 4 is 11.6 Å². The van der Waals surface area contributed by atoms with Crippen LogP contribution in [-0.4, -0.2) is 52.4 Å². The topological polar surface area (TPSA) is 58.1 Å². The maximum atomic E-state index is 5.96. The van der Waals surface area contributed by atoms with E-state index >= 15 is 0 Å². The summed E-state index contributed by atoms with van der Waals surface area (Å²) in [5, 5.41) is 6.81. The zero-order chi connectivity index (χ0) is 20.5. The summed E-state index contributed by atoms with van der Waals surface area (Å²) >= 11 is 0. The van der Waals surface area contributed by atoms with E-state index < -0.39 is 0 Å². The summed E-state index contributed by atoms with van der Waals surface area (Å²) in [5.41, 5.74) is 1.31. The van der Waals surface area contributed by atoms with Crippen LogP contribution in [0.4, 0.5) is 5.69 Å². The number of benzene rings is 2. The molecule has 0 saturated carbocycles. The summed E-state index contributed by atoms with van der Waals surface area (Å²) in [6.07, 6.45) is 1.19. The second-order valence-electron chi connectivity index (χ2n) is 7.38. The molecule has 0 aromatic heterocycles. The predicted octanol–water partition coefficient (Wildman–Crippen LogP) is 3.15. The molecule has 0 amide bonds. The number of methoxy groups -OCH3 is 1. The van der Waals surface area contributed by atoms with E-state index in [2.05, 4.69) is 50.9 Å². The number of aliphatic imine (C=N–C) groups is 1. The zero-order valence-electron chi connectivity index (χ0n) is 17.6. The van der Waals surface area contributed by atoms with Gasteiger partial charge in [-0.25, -0.2) is 0 Å². The maximum absolute atomic E-state index is 5.96. The minimum atomic E-state index is 0.000656. The van der Waals surface area contributed by atoms with Crippen LogP contribution in [0.3, 0.4) is 0 Å². The lowest BCUT2D eigenvalue weighted by atomic mass is 10.1. The second-order valence-corrected chi connectivity index (χ2v) is 7.38. The van der Waals surface area contributed by atoms with Crippen molar-refractivity contribution < 1.29 is 9.47 Å². The number of ether oxygens (including phenoxy) is 2. The van der Waals surface area contributed by atoms with Crippen molar-refractivity contribution in [2.24, 2.45) is 10.9 Å². The molecule has 2 N–H and O–H groups in total. The van der Waals surface area contributed by atoms with E-state index in [0.29, 0.717) is 12.5 Å². The Hall–Kier alpha value is -2.89. The van der Waals surface area contributed by atoms with Crippen molar-refractivity contribution in [3.63, 3.8) is 0 Å². The molecule has 0 spiro atoms. The Morgan fingerprint density at radius 3 is 2.69 bits per heavy atom. The molecule has 6 heteroatoms. The molecule has 1 saturated heterocycles. The molecule has 156 valence electrons. The molecule has 1 fully saturated rings.